The molecule has 0 bridgehead atoms. The fraction of sp³-hybridized carbons (Fsp3) is 0.381. The Bertz CT molecular complexity index is 2040. The van der Waals surface area contributed by atoms with Crippen LogP contribution in [0, 0.1) is 5.92 Å². The molecule has 5 rings (SSSR count). The number of amides is 3. The molecular weight excluding hydrogens is 753 g/mol. The van der Waals surface area contributed by atoms with Crippen molar-refractivity contribution in [2.75, 3.05) is 33.2 Å². The number of ether oxygens (including phenoxy) is 3. The molecule has 57 heavy (non-hydrogen) atoms. The number of benzene rings is 3. The van der Waals surface area contributed by atoms with Crippen molar-refractivity contribution in [3.8, 4) is 28.6 Å². The van der Waals surface area contributed by atoms with E-state index >= 15 is 0 Å². The molecule has 3 amide bonds. The van der Waals surface area contributed by atoms with Gasteiger partial charge in [0.25, 0.3) is 5.91 Å². The largest absolute Gasteiger partial charge is 0.494 e. The van der Waals surface area contributed by atoms with Crippen LogP contribution in [0.25, 0.3) is 11.3 Å². The third-order valence-electron chi connectivity index (χ3n) is 9.35. The second kappa shape index (κ2) is 20.5. The van der Waals surface area contributed by atoms with Crippen LogP contribution in [0.5, 0.6) is 17.2 Å². The summed E-state index contributed by atoms with van der Waals surface area (Å²) in [6, 6.07) is 21.4. The van der Waals surface area contributed by atoms with Gasteiger partial charge in [-0.15, -0.1) is 0 Å². The molecular formula is C42H50N3O11P. The highest BCUT2D eigenvalue weighted by molar-refractivity contribution is 7.66. The first-order valence-corrected chi connectivity index (χ1v) is 21.2. The predicted octanol–water partition coefficient (Wildman–Crippen LogP) is 6.88. The fourth-order valence-corrected chi connectivity index (χ4v) is 7.62. The van der Waals surface area contributed by atoms with E-state index in [0.717, 1.165) is 23.5 Å². The third-order valence-corrected chi connectivity index (χ3v) is 11.2. The van der Waals surface area contributed by atoms with Gasteiger partial charge in [-0.1, -0.05) is 63.4 Å². The molecule has 304 valence electrons. The van der Waals surface area contributed by atoms with Gasteiger partial charge < -0.3 is 38.6 Å². The lowest BCUT2D eigenvalue weighted by Gasteiger charge is -2.32. The summed E-state index contributed by atoms with van der Waals surface area (Å²) in [7, 11) is -3.30. The molecule has 3 atom stereocenters. The van der Waals surface area contributed by atoms with Gasteiger partial charge in [0.05, 0.1) is 37.4 Å². The fourth-order valence-electron chi connectivity index (χ4n) is 6.34. The van der Waals surface area contributed by atoms with Crippen LogP contribution in [-0.2, 0) is 30.1 Å². The lowest BCUT2D eigenvalue weighted by molar-refractivity contribution is -0.171. The summed E-state index contributed by atoms with van der Waals surface area (Å²) in [5, 5.41) is 6.71. The molecule has 2 N–H and O–H groups in total. The molecule has 15 heteroatoms. The van der Waals surface area contributed by atoms with Crippen molar-refractivity contribution < 1.29 is 51.7 Å². The summed E-state index contributed by atoms with van der Waals surface area (Å²) in [5.74, 6) is -0.912. The van der Waals surface area contributed by atoms with Crippen molar-refractivity contribution in [3.63, 3.8) is 0 Å². The van der Waals surface area contributed by atoms with Crippen LogP contribution in [0.1, 0.15) is 79.4 Å². The van der Waals surface area contributed by atoms with Crippen LogP contribution in [0.15, 0.2) is 83.3 Å². The maximum absolute atomic E-state index is 13.7. The Balaban J connectivity index is 1.23. The van der Waals surface area contributed by atoms with Crippen molar-refractivity contribution in [3.05, 3.63) is 95.7 Å². The Morgan fingerprint density at radius 1 is 0.912 bits per heavy atom. The van der Waals surface area contributed by atoms with Crippen molar-refractivity contribution in [1.82, 2.24) is 15.7 Å². The minimum atomic E-state index is -3.30. The topological polar surface area (TPSA) is 172 Å². The molecule has 1 aliphatic rings. The van der Waals surface area contributed by atoms with Gasteiger partial charge in [0, 0.05) is 17.5 Å². The Morgan fingerprint density at radius 2 is 1.68 bits per heavy atom. The number of fused-ring (bicyclic) bond motifs is 1. The quantitative estimate of drug-likeness (QED) is 0.0296. The minimum Gasteiger partial charge on any atom is -0.494 e. The van der Waals surface area contributed by atoms with Crippen LogP contribution in [0.4, 0.5) is 0 Å². The van der Waals surface area contributed by atoms with E-state index in [9.17, 15) is 23.7 Å². The Labute approximate surface area is 332 Å². The van der Waals surface area contributed by atoms with E-state index in [1.807, 2.05) is 44.2 Å². The number of carbonyl (C=O) groups is 4. The van der Waals surface area contributed by atoms with Gasteiger partial charge in [-0.05, 0) is 73.9 Å². The summed E-state index contributed by atoms with van der Waals surface area (Å²) in [4.78, 5) is 57.8. The first-order valence-electron chi connectivity index (χ1n) is 19.1. The highest BCUT2D eigenvalue weighted by Gasteiger charge is 2.34. The van der Waals surface area contributed by atoms with E-state index in [0.29, 0.717) is 79.4 Å². The van der Waals surface area contributed by atoms with Crippen molar-refractivity contribution >= 4 is 36.9 Å². The predicted molar refractivity (Wildman–Crippen MR) is 213 cm³/mol. The number of unbranched alkanes of at least 4 members (excludes halogenated alkanes) is 2. The second-order valence-electron chi connectivity index (χ2n) is 13.4. The minimum absolute atomic E-state index is 0.0215. The molecule has 0 radical (unpaired) electrons. The number of hydroxylamine groups is 2. The van der Waals surface area contributed by atoms with Crippen LogP contribution >= 0.6 is 7.37 Å². The summed E-state index contributed by atoms with van der Waals surface area (Å²) in [6.07, 6.45) is 3.54. The number of nitrogens with one attached hydrogen (secondary N) is 2. The summed E-state index contributed by atoms with van der Waals surface area (Å²) < 4.78 is 42.4. The summed E-state index contributed by atoms with van der Waals surface area (Å²) >= 11 is 0. The zero-order chi connectivity index (χ0) is 40.8. The van der Waals surface area contributed by atoms with E-state index in [1.165, 1.54) is 18.2 Å². The molecule has 2 heterocycles. The highest BCUT2D eigenvalue weighted by Crippen LogP contribution is 2.44. The Morgan fingerprint density at radius 3 is 2.40 bits per heavy atom. The molecule has 1 aromatic heterocycles. The second-order valence-corrected chi connectivity index (χ2v) is 15.9. The molecule has 3 aromatic carbocycles. The van der Waals surface area contributed by atoms with Crippen LogP contribution in [0.2, 0.25) is 0 Å². The molecule has 0 saturated carbocycles. The molecule has 0 aliphatic carbocycles. The number of furan rings is 1. The average molecular weight is 804 g/mol. The van der Waals surface area contributed by atoms with Gasteiger partial charge >= 0.3 is 5.97 Å². The Hall–Kier alpha value is -5.59. The first-order chi connectivity index (χ1) is 27.6. The maximum Gasteiger partial charge on any atom is 0.363 e. The zero-order valence-electron chi connectivity index (χ0n) is 32.7. The van der Waals surface area contributed by atoms with Crippen LogP contribution in [-0.4, -0.2) is 68.5 Å². The summed E-state index contributed by atoms with van der Waals surface area (Å²) in [6.45, 7) is 8.23. The lowest BCUT2D eigenvalue weighted by atomic mass is 9.90. The van der Waals surface area contributed by atoms with Gasteiger partial charge in [0.1, 0.15) is 24.7 Å². The molecule has 0 fully saturated rings. The first kappa shape index (κ1) is 42.6. The average Bonchev–Trinajstić information content (AvgIpc) is 3.73. The van der Waals surface area contributed by atoms with Crippen LogP contribution in [0.3, 0.4) is 0 Å². The Kier molecular flexibility index (Phi) is 15.3. The normalized spacial score (nSPS) is 14.0. The third kappa shape index (κ3) is 11.5. The number of rotatable bonds is 21. The molecule has 0 spiro atoms. The zero-order valence-corrected chi connectivity index (χ0v) is 33.6. The SMILES string of the molecule is CCCCC[C@@H](C(=O)NCNC(=O)c1ccc(-c2cc(OCC)cc(P(C)(=O)OCc3ccccc3)c2)o1)[C@@H](CC)N(C=O)OC(=O)c1ccc2c(c1)OCCO2. The highest BCUT2D eigenvalue weighted by atomic mass is 31.2. The molecule has 4 aromatic rings. The van der Waals surface area contributed by atoms with Gasteiger partial charge in [0.2, 0.25) is 19.7 Å². The molecule has 1 unspecified atom stereocenters. The van der Waals surface area contributed by atoms with E-state index in [4.69, 9.17) is 28.0 Å². The van der Waals surface area contributed by atoms with Gasteiger partial charge in [-0.2, -0.15) is 5.06 Å². The van der Waals surface area contributed by atoms with E-state index in [-0.39, 0.29) is 24.6 Å². The molecule has 14 nitrogen and oxygen atoms in total. The lowest BCUT2D eigenvalue weighted by Crippen LogP contribution is -2.49. The van der Waals surface area contributed by atoms with Crippen molar-refractivity contribution in [1.29, 1.82) is 0 Å². The van der Waals surface area contributed by atoms with Crippen molar-refractivity contribution in [2.45, 2.75) is 65.5 Å². The van der Waals surface area contributed by atoms with E-state index in [1.54, 1.807) is 43.9 Å². The molecule has 0 saturated heterocycles. The van der Waals surface area contributed by atoms with Gasteiger partial charge in [-0.25, -0.2) is 4.79 Å². The van der Waals surface area contributed by atoms with E-state index < -0.39 is 37.1 Å². The van der Waals surface area contributed by atoms with Crippen LogP contribution < -0.4 is 30.1 Å². The number of carbonyl (C=O) groups excluding carboxylic acids is 4. The number of hydrogen-bond acceptors (Lipinski definition) is 11. The molecule has 1 aliphatic heterocycles. The van der Waals surface area contributed by atoms with E-state index in [2.05, 4.69) is 10.6 Å². The standard InChI is InChI=1S/C42H50N3O11P/c1-5-8-10-15-34(35(6-2)45(28-46)56-42(49)30-16-17-37-39(24-30)53-21-20-52-37)40(47)43-27-44-41(48)38-19-18-36(55-38)31-22-32(51-7-3)25-33(23-31)57(4,50)54-26-29-13-11-9-12-14-29/h9,11-14,16-19,22-25,28,34-35H,5-8,10,15,20-21,26-27H2,1-4H3,(H,43,47)(H,44,48)/t34-,35-,57?/m1/s1. The smallest absolute Gasteiger partial charge is 0.363 e. The van der Waals surface area contributed by atoms with Crippen molar-refractivity contribution in [2.24, 2.45) is 5.92 Å². The maximum atomic E-state index is 13.7. The number of hydrogen-bond donors (Lipinski definition) is 2. The van der Waals surface area contributed by atoms with Gasteiger partial charge in [-0.3, -0.25) is 18.9 Å². The number of nitrogens with zero attached hydrogens (tertiary/aromatic N) is 1. The monoisotopic (exact) mass is 803 g/mol. The summed E-state index contributed by atoms with van der Waals surface area (Å²) in [5.41, 5.74) is 1.56. The van der Waals surface area contributed by atoms with Gasteiger partial charge in [0.15, 0.2) is 17.3 Å².